The fraction of sp³-hybridized carbons (Fsp3) is 0.571. The third-order valence-corrected chi connectivity index (χ3v) is 7.35. The van der Waals surface area contributed by atoms with Gasteiger partial charge in [0.15, 0.2) is 0 Å². The molecule has 2 saturated heterocycles. The minimum atomic E-state index is -4.70. The summed E-state index contributed by atoms with van der Waals surface area (Å²) in [6.07, 6.45) is -2.78. The maximum Gasteiger partial charge on any atom is 0.451 e. The monoisotopic (exact) mass is 575 g/mol. The lowest BCUT2D eigenvalue weighted by Crippen LogP contribution is -2.48. The van der Waals surface area contributed by atoms with Gasteiger partial charge in [-0.15, -0.1) is 0 Å². The van der Waals surface area contributed by atoms with Crippen molar-refractivity contribution in [1.82, 2.24) is 20.2 Å². The number of anilines is 2. The van der Waals surface area contributed by atoms with Crippen molar-refractivity contribution in [2.24, 2.45) is 5.92 Å². The van der Waals surface area contributed by atoms with Crippen LogP contribution in [0.5, 0.6) is 0 Å². The van der Waals surface area contributed by atoms with Crippen molar-refractivity contribution in [3.05, 3.63) is 47.3 Å². The number of aliphatic hydroxyl groups is 1. The summed E-state index contributed by atoms with van der Waals surface area (Å²) >= 11 is 0. The second-order valence-corrected chi connectivity index (χ2v) is 10.2. The van der Waals surface area contributed by atoms with Gasteiger partial charge in [0.1, 0.15) is 11.6 Å². The molecule has 4 rings (SSSR count). The summed E-state index contributed by atoms with van der Waals surface area (Å²) in [5, 5.41) is 20.7. The number of aromatic nitrogens is 2. The van der Waals surface area contributed by atoms with Gasteiger partial charge in [-0.25, -0.2) is 9.97 Å². The largest absolute Gasteiger partial charge is 0.451 e. The highest BCUT2D eigenvalue weighted by Gasteiger charge is 2.37. The average Bonchev–Trinajstić information content (AvgIpc) is 2.99. The van der Waals surface area contributed by atoms with Gasteiger partial charge in [0.2, 0.25) is 11.7 Å². The van der Waals surface area contributed by atoms with E-state index in [-0.39, 0.29) is 43.2 Å². The maximum atomic E-state index is 13.8. The molecule has 2 N–H and O–H groups in total. The molecular formula is C28H36F3N7O3. The SMILES string of the molecule is N#Cc1ccc(CCNC(=O)[C@@H]2CCCN(c3cc(N4CCN(CCOCCO)CC4)nc(C(F)(F)F)n3)C2)cc1. The molecule has 3 heterocycles. The molecule has 0 radical (unpaired) electrons. The number of ether oxygens (including phenoxy) is 1. The van der Waals surface area contributed by atoms with Gasteiger partial charge in [-0.2, -0.15) is 18.4 Å². The Morgan fingerprint density at radius 1 is 1.07 bits per heavy atom. The molecule has 0 aliphatic carbocycles. The Labute approximate surface area is 237 Å². The number of nitrogens with one attached hydrogen (secondary N) is 1. The molecule has 13 heteroatoms. The van der Waals surface area contributed by atoms with Crippen LogP contribution < -0.4 is 15.1 Å². The number of benzene rings is 1. The van der Waals surface area contributed by atoms with E-state index in [2.05, 4.69) is 26.3 Å². The van der Waals surface area contributed by atoms with Gasteiger partial charge < -0.3 is 25.0 Å². The van der Waals surface area contributed by atoms with E-state index in [9.17, 15) is 18.0 Å². The van der Waals surface area contributed by atoms with E-state index in [1.54, 1.807) is 23.1 Å². The first kappa shape index (κ1) is 30.5. The molecular weight excluding hydrogens is 539 g/mol. The van der Waals surface area contributed by atoms with Crippen molar-refractivity contribution in [2.45, 2.75) is 25.4 Å². The Morgan fingerprint density at radius 3 is 2.44 bits per heavy atom. The van der Waals surface area contributed by atoms with Gasteiger partial charge in [-0.1, -0.05) is 12.1 Å². The number of aliphatic hydroxyl groups excluding tert-OH is 1. The molecule has 10 nitrogen and oxygen atoms in total. The molecule has 2 aliphatic heterocycles. The fourth-order valence-corrected chi connectivity index (χ4v) is 5.05. The number of carbonyl (C=O) groups excluding carboxylic acids is 1. The molecule has 222 valence electrons. The normalized spacial score (nSPS) is 18.3. The topological polar surface area (TPSA) is 118 Å². The highest BCUT2D eigenvalue weighted by Crippen LogP contribution is 2.32. The number of carbonyl (C=O) groups is 1. The minimum absolute atomic E-state index is 0.0340. The number of piperidine rings is 1. The van der Waals surface area contributed by atoms with Crippen LogP contribution in [-0.2, 0) is 22.1 Å². The van der Waals surface area contributed by atoms with E-state index in [0.717, 1.165) is 5.56 Å². The van der Waals surface area contributed by atoms with Crippen molar-refractivity contribution in [3.63, 3.8) is 0 Å². The van der Waals surface area contributed by atoms with Crippen molar-refractivity contribution in [2.75, 3.05) is 82.0 Å². The van der Waals surface area contributed by atoms with Crippen molar-refractivity contribution >= 4 is 17.5 Å². The molecule has 1 aromatic carbocycles. The number of piperazine rings is 1. The highest BCUT2D eigenvalue weighted by atomic mass is 19.4. The van der Waals surface area contributed by atoms with Crippen LogP contribution in [-0.4, -0.2) is 98.1 Å². The summed E-state index contributed by atoms with van der Waals surface area (Å²) < 4.78 is 46.7. The molecule has 1 atom stereocenters. The lowest BCUT2D eigenvalue weighted by Gasteiger charge is -2.37. The summed E-state index contributed by atoms with van der Waals surface area (Å²) in [5.74, 6) is -1.27. The van der Waals surface area contributed by atoms with E-state index < -0.39 is 12.0 Å². The van der Waals surface area contributed by atoms with Crippen LogP contribution in [0.1, 0.15) is 29.8 Å². The molecule has 2 aliphatic rings. The van der Waals surface area contributed by atoms with Crippen molar-refractivity contribution in [1.29, 1.82) is 5.26 Å². The third kappa shape index (κ3) is 8.76. The van der Waals surface area contributed by atoms with Gasteiger partial charge in [0.25, 0.3) is 0 Å². The molecule has 1 aromatic heterocycles. The van der Waals surface area contributed by atoms with Crippen LogP contribution in [0.2, 0.25) is 0 Å². The van der Waals surface area contributed by atoms with Crippen LogP contribution in [0.15, 0.2) is 30.3 Å². The third-order valence-electron chi connectivity index (χ3n) is 7.35. The van der Waals surface area contributed by atoms with E-state index in [1.165, 1.54) is 0 Å². The Bertz CT molecular complexity index is 1180. The zero-order valence-electron chi connectivity index (χ0n) is 22.9. The molecule has 2 aromatic rings. The zero-order chi connectivity index (χ0) is 29.2. The van der Waals surface area contributed by atoms with Gasteiger partial charge >= 0.3 is 6.18 Å². The van der Waals surface area contributed by atoms with Crippen LogP contribution in [0.4, 0.5) is 24.8 Å². The number of nitrogens with zero attached hydrogens (tertiary/aromatic N) is 6. The number of amides is 1. The van der Waals surface area contributed by atoms with Crippen molar-refractivity contribution in [3.8, 4) is 6.07 Å². The zero-order valence-corrected chi connectivity index (χ0v) is 22.9. The molecule has 1 amide bonds. The second kappa shape index (κ2) is 14.4. The predicted octanol–water partition coefficient (Wildman–Crippen LogP) is 2.07. The summed E-state index contributed by atoms with van der Waals surface area (Å²) in [6, 6.07) is 10.8. The molecule has 2 fully saturated rings. The number of hydrogen-bond acceptors (Lipinski definition) is 9. The maximum absolute atomic E-state index is 13.8. The molecule has 0 saturated carbocycles. The summed E-state index contributed by atoms with van der Waals surface area (Å²) in [4.78, 5) is 26.4. The first-order valence-electron chi connectivity index (χ1n) is 13.9. The lowest BCUT2D eigenvalue weighted by molar-refractivity contribution is -0.144. The minimum Gasteiger partial charge on any atom is -0.394 e. The van der Waals surface area contributed by atoms with E-state index in [0.29, 0.717) is 77.2 Å². The Hall–Kier alpha value is -3.47. The highest BCUT2D eigenvalue weighted by molar-refractivity contribution is 5.79. The smallest absolute Gasteiger partial charge is 0.394 e. The molecule has 0 spiro atoms. The van der Waals surface area contributed by atoms with Gasteiger partial charge in [0.05, 0.1) is 37.4 Å². The van der Waals surface area contributed by atoms with Gasteiger partial charge in [0, 0.05) is 58.4 Å². The van der Waals surface area contributed by atoms with Crippen LogP contribution in [0.25, 0.3) is 0 Å². The van der Waals surface area contributed by atoms with E-state index in [1.807, 2.05) is 17.0 Å². The van der Waals surface area contributed by atoms with E-state index >= 15 is 0 Å². The Balaban J connectivity index is 1.37. The number of hydrogen-bond donors (Lipinski definition) is 2. The standard InChI is InChI=1S/C28H36F3N7O3/c29-28(30,31)27-34-24(37-12-10-36(11-13-37)14-16-41-17-15-39)18-25(35-27)38-9-1-2-23(20-38)26(40)33-8-7-21-3-5-22(19-32)6-4-21/h3-6,18,23,39H,1-2,7-17,20H2,(H,33,40)/t23-/m1/s1. The Morgan fingerprint density at radius 2 is 1.78 bits per heavy atom. The average molecular weight is 576 g/mol. The number of rotatable bonds is 11. The number of alkyl halides is 3. The van der Waals surface area contributed by atoms with Gasteiger partial charge in [-0.05, 0) is 37.0 Å². The van der Waals surface area contributed by atoms with E-state index in [4.69, 9.17) is 15.1 Å². The van der Waals surface area contributed by atoms with Crippen LogP contribution >= 0.6 is 0 Å². The summed E-state index contributed by atoms with van der Waals surface area (Å²) in [6.45, 7) is 4.94. The molecule has 0 unspecified atom stereocenters. The lowest BCUT2D eigenvalue weighted by atomic mass is 9.97. The fourth-order valence-electron chi connectivity index (χ4n) is 5.05. The first-order chi connectivity index (χ1) is 19.8. The number of halogens is 3. The van der Waals surface area contributed by atoms with Crippen molar-refractivity contribution < 1.29 is 27.8 Å². The summed E-state index contributed by atoms with van der Waals surface area (Å²) in [5.41, 5.74) is 1.57. The number of nitriles is 1. The second-order valence-electron chi connectivity index (χ2n) is 10.2. The summed E-state index contributed by atoms with van der Waals surface area (Å²) in [7, 11) is 0. The predicted molar refractivity (Wildman–Crippen MR) is 146 cm³/mol. The quantitative estimate of drug-likeness (QED) is 0.389. The van der Waals surface area contributed by atoms with Gasteiger partial charge in [-0.3, -0.25) is 9.69 Å². The van der Waals surface area contributed by atoms with Crippen LogP contribution in [0, 0.1) is 17.2 Å². The first-order valence-corrected chi connectivity index (χ1v) is 13.9. The molecule has 41 heavy (non-hydrogen) atoms. The van der Waals surface area contributed by atoms with Crippen LogP contribution in [0.3, 0.4) is 0 Å². The molecule has 0 bridgehead atoms. The Kier molecular flexibility index (Phi) is 10.7.